The minimum Gasteiger partial charge on any atom is -0.352 e. The van der Waals surface area contributed by atoms with Crippen molar-refractivity contribution in [2.24, 2.45) is 11.8 Å². The Bertz CT molecular complexity index is 808. The Kier molecular flexibility index (Phi) is 6.40. The van der Waals surface area contributed by atoms with E-state index in [9.17, 15) is 14.0 Å². The number of amides is 2. The zero-order chi connectivity index (χ0) is 19.2. The fraction of sp³-hybridized carbons (Fsp3) is 0.350. The second-order valence-electron chi connectivity index (χ2n) is 6.75. The fourth-order valence-corrected chi connectivity index (χ4v) is 3.45. The molecule has 0 aliphatic heterocycles. The van der Waals surface area contributed by atoms with Crippen LogP contribution in [0.25, 0.3) is 0 Å². The van der Waals surface area contributed by atoms with Crippen LogP contribution >= 0.6 is 11.6 Å². The number of halogens is 2. The van der Waals surface area contributed by atoms with Gasteiger partial charge in [0.25, 0.3) is 0 Å². The van der Waals surface area contributed by atoms with Gasteiger partial charge in [0, 0.05) is 36.5 Å². The topological polar surface area (TPSA) is 71.1 Å². The molecule has 0 saturated heterocycles. The van der Waals surface area contributed by atoms with Crippen molar-refractivity contribution in [3.05, 3.63) is 59.1 Å². The van der Waals surface area contributed by atoms with Crippen molar-refractivity contribution in [3.63, 3.8) is 0 Å². The van der Waals surface area contributed by atoms with E-state index in [4.69, 9.17) is 11.6 Å². The number of pyridine rings is 1. The summed E-state index contributed by atoms with van der Waals surface area (Å²) in [5, 5.41) is 5.68. The molecule has 1 heterocycles. The van der Waals surface area contributed by atoms with Gasteiger partial charge in [0.1, 0.15) is 5.82 Å². The lowest BCUT2D eigenvalue weighted by molar-refractivity contribution is -0.128. The van der Waals surface area contributed by atoms with Crippen molar-refractivity contribution in [3.8, 4) is 0 Å². The SMILES string of the molecule is O=C(NCc1cccnc1)C1CCC(C(=O)Nc2ccc(F)c(Cl)c2)CC1. The molecule has 1 aliphatic rings. The highest BCUT2D eigenvalue weighted by Crippen LogP contribution is 2.30. The maximum atomic E-state index is 13.2. The van der Waals surface area contributed by atoms with Crippen LogP contribution in [0.1, 0.15) is 31.2 Å². The first-order valence-corrected chi connectivity index (χ1v) is 9.33. The lowest BCUT2D eigenvalue weighted by Gasteiger charge is -2.27. The molecule has 0 spiro atoms. The number of benzene rings is 1. The van der Waals surface area contributed by atoms with E-state index in [0.717, 1.165) is 5.56 Å². The van der Waals surface area contributed by atoms with Crippen LogP contribution in [0.3, 0.4) is 0 Å². The van der Waals surface area contributed by atoms with Gasteiger partial charge in [-0.05, 0) is 55.5 Å². The third kappa shape index (κ3) is 5.26. The van der Waals surface area contributed by atoms with Gasteiger partial charge >= 0.3 is 0 Å². The molecular weight excluding hydrogens is 369 g/mol. The van der Waals surface area contributed by atoms with Crippen molar-refractivity contribution in [2.45, 2.75) is 32.2 Å². The molecule has 27 heavy (non-hydrogen) atoms. The smallest absolute Gasteiger partial charge is 0.227 e. The van der Waals surface area contributed by atoms with Gasteiger partial charge in [-0.25, -0.2) is 4.39 Å². The van der Waals surface area contributed by atoms with E-state index in [-0.39, 0.29) is 28.7 Å². The lowest BCUT2D eigenvalue weighted by atomic mass is 9.81. The number of nitrogens with zero attached hydrogens (tertiary/aromatic N) is 1. The van der Waals surface area contributed by atoms with Crippen LogP contribution in [0.15, 0.2) is 42.7 Å². The largest absolute Gasteiger partial charge is 0.352 e. The van der Waals surface area contributed by atoms with Crippen LogP contribution in [-0.4, -0.2) is 16.8 Å². The maximum absolute atomic E-state index is 13.2. The van der Waals surface area contributed by atoms with Gasteiger partial charge < -0.3 is 10.6 Å². The third-order valence-electron chi connectivity index (χ3n) is 4.85. The molecule has 1 fully saturated rings. The Labute approximate surface area is 162 Å². The zero-order valence-corrected chi connectivity index (χ0v) is 15.5. The second-order valence-corrected chi connectivity index (χ2v) is 7.15. The molecule has 1 aromatic carbocycles. The zero-order valence-electron chi connectivity index (χ0n) is 14.8. The van der Waals surface area contributed by atoms with Crippen molar-refractivity contribution in [1.82, 2.24) is 10.3 Å². The second kappa shape index (κ2) is 8.95. The first-order valence-electron chi connectivity index (χ1n) is 8.95. The van der Waals surface area contributed by atoms with Gasteiger partial charge in [0.15, 0.2) is 0 Å². The number of rotatable bonds is 5. The molecule has 2 amide bonds. The molecule has 0 atom stereocenters. The summed E-state index contributed by atoms with van der Waals surface area (Å²) < 4.78 is 13.2. The molecule has 1 saturated carbocycles. The molecule has 2 aromatic rings. The van der Waals surface area contributed by atoms with Gasteiger partial charge in [0.05, 0.1) is 5.02 Å². The number of nitrogens with one attached hydrogen (secondary N) is 2. The number of carbonyl (C=O) groups is 2. The van der Waals surface area contributed by atoms with Crippen LogP contribution < -0.4 is 10.6 Å². The van der Waals surface area contributed by atoms with Gasteiger partial charge in [0.2, 0.25) is 11.8 Å². The Morgan fingerprint density at radius 1 is 1.11 bits per heavy atom. The first kappa shape index (κ1) is 19.3. The molecule has 1 aromatic heterocycles. The molecule has 0 radical (unpaired) electrons. The predicted molar refractivity (Wildman–Crippen MR) is 102 cm³/mol. The van der Waals surface area contributed by atoms with E-state index < -0.39 is 5.82 Å². The van der Waals surface area contributed by atoms with Crippen molar-refractivity contribution >= 4 is 29.1 Å². The molecule has 3 rings (SSSR count). The lowest BCUT2D eigenvalue weighted by Crippen LogP contribution is -2.35. The number of hydrogen-bond acceptors (Lipinski definition) is 3. The highest BCUT2D eigenvalue weighted by Gasteiger charge is 2.29. The summed E-state index contributed by atoms with van der Waals surface area (Å²) in [6, 6.07) is 7.85. The Morgan fingerprint density at radius 2 is 1.81 bits per heavy atom. The number of anilines is 1. The van der Waals surface area contributed by atoms with Crippen molar-refractivity contribution < 1.29 is 14.0 Å². The molecular formula is C20H21ClFN3O2. The van der Waals surface area contributed by atoms with Crippen molar-refractivity contribution in [2.75, 3.05) is 5.32 Å². The summed E-state index contributed by atoms with van der Waals surface area (Å²) in [7, 11) is 0. The monoisotopic (exact) mass is 389 g/mol. The summed E-state index contributed by atoms with van der Waals surface area (Å²) in [6.07, 6.45) is 6.04. The summed E-state index contributed by atoms with van der Waals surface area (Å²) in [4.78, 5) is 28.7. The number of hydrogen-bond donors (Lipinski definition) is 2. The van der Waals surface area contributed by atoms with E-state index in [0.29, 0.717) is 37.9 Å². The minimum absolute atomic E-state index is 0.0167. The highest BCUT2D eigenvalue weighted by molar-refractivity contribution is 6.31. The molecule has 0 unspecified atom stereocenters. The molecule has 5 nitrogen and oxygen atoms in total. The quantitative estimate of drug-likeness (QED) is 0.813. The van der Waals surface area contributed by atoms with E-state index in [2.05, 4.69) is 15.6 Å². The van der Waals surface area contributed by atoms with Gasteiger partial charge in [-0.15, -0.1) is 0 Å². The molecule has 2 N–H and O–H groups in total. The van der Waals surface area contributed by atoms with E-state index in [1.807, 2.05) is 12.1 Å². The predicted octanol–water partition coefficient (Wildman–Crippen LogP) is 3.94. The van der Waals surface area contributed by atoms with Crippen LogP contribution in [0.5, 0.6) is 0 Å². The van der Waals surface area contributed by atoms with Crippen LogP contribution in [0.2, 0.25) is 5.02 Å². The van der Waals surface area contributed by atoms with Gasteiger partial charge in [-0.1, -0.05) is 17.7 Å². The molecule has 7 heteroatoms. The Balaban J connectivity index is 1.45. The van der Waals surface area contributed by atoms with E-state index in [1.165, 1.54) is 18.2 Å². The van der Waals surface area contributed by atoms with Crippen LogP contribution in [0.4, 0.5) is 10.1 Å². The standard InChI is InChI=1S/C20H21ClFN3O2/c21-17-10-16(7-8-18(17)22)25-20(27)15-5-3-14(4-6-15)19(26)24-12-13-2-1-9-23-11-13/h1-2,7-11,14-15H,3-6,12H2,(H,24,26)(H,25,27). The molecule has 142 valence electrons. The van der Waals surface area contributed by atoms with Gasteiger partial charge in [-0.2, -0.15) is 0 Å². The van der Waals surface area contributed by atoms with Crippen molar-refractivity contribution in [1.29, 1.82) is 0 Å². The Hall–Kier alpha value is -2.47. The van der Waals surface area contributed by atoms with Crippen LogP contribution in [0, 0.1) is 17.7 Å². The normalized spacial score (nSPS) is 19.3. The van der Waals surface area contributed by atoms with E-state index in [1.54, 1.807) is 12.4 Å². The summed E-state index contributed by atoms with van der Waals surface area (Å²) in [6.45, 7) is 0.457. The first-order chi connectivity index (χ1) is 13.0. The molecule has 0 bridgehead atoms. The number of carbonyl (C=O) groups excluding carboxylic acids is 2. The third-order valence-corrected chi connectivity index (χ3v) is 5.14. The summed E-state index contributed by atoms with van der Waals surface area (Å²) in [5.41, 5.74) is 1.43. The summed E-state index contributed by atoms with van der Waals surface area (Å²) >= 11 is 5.74. The van der Waals surface area contributed by atoms with Gasteiger partial charge in [-0.3, -0.25) is 14.6 Å². The summed E-state index contributed by atoms with van der Waals surface area (Å²) in [5.74, 6) is -0.857. The highest BCUT2D eigenvalue weighted by atomic mass is 35.5. The fourth-order valence-electron chi connectivity index (χ4n) is 3.27. The average molecular weight is 390 g/mol. The minimum atomic E-state index is -0.521. The number of aromatic nitrogens is 1. The average Bonchev–Trinajstić information content (AvgIpc) is 2.70. The van der Waals surface area contributed by atoms with Crippen LogP contribution in [-0.2, 0) is 16.1 Å². The maximum Gasteiger partial charge on any atom is 0.227 e. The molecule has 1 aliphatic carbocycles. The van der Waals surface area contributed by atoms with E-state index >= 15 is 0 Å². The Morgan fingerprint density at radius 3 is 2.44 bits per heavy atom.